The SMILES string of the molecule is OCCN(Cc1ccccc1)Cc1nnc(C2CC2)o1. The molecule has 1 aliphatic carbocycles. The van der Waals surface area contributed by atoms with Crippen LogP contribution in [0.3, 0.4) is 0 Å². The van der Waals surface area contributed by atoms with E-state index >= 15 is 0 Å². The van der Waals surface area contributed by atoms with Gasteiger partial charge in [0.25, 0.3) is 0 Å². The summed E-state index contributed by atoms with van der Waals surface area (Å²) in [6, 6.07) is 10.2. The predicted octanol–water partition coefficient (Wildman–Crippen LogP) is 1.94. The first-order valence-corrected chi connectivity index (χ1v) is 7.04. The van der Waals surface area contributed by atoms with Crippen LogP contribution in [0.25, 0.3) is 0 Å². The maximum atomic E-state index is 9.19. The van der Waals surface area contributed by atoms with Crippen LogP contribution in [0.2, 0.25) is 0 Å². The topological polar surface area (TPSA) is 62.4 Å². The van der Waals surface area contributed by atoms with E-state index in [2.05, 4.69) is 27.2 Å². The van der Waals surface area contributed by atoms with E-state index in [1.54, 1.807) is 0 Å². The molecule has 1 N–H and O–H groups in total. The van der Waals surface area contributed by atoms with Gasteiger partial charge in [0.2, 0.25) is 11.8 Å². The van der Waals surface area contributed by atoms with Gasteiger partial charge in [-0.2, -0.15) is 0 Å². The van der Waals surface area contributed by atoms with Gasteiger partial charge >= 0.3 is 0 Å². The maximum Gasteiger partial charge on any atom is 0.230 e. The summed E-state index contributed by atoms with van der Waals surface area (Å²) in [5.41, 5.74) is 1.21. The second-order valence-corrected chi connectivity index (χ2v) is 5.23. The Morgan fingerprint density at radius 3 is 2.65 bits per heavy atom. The minimum absolute atomic E-state index is 0.121. The molecule has 5 heteroatoms. The molecule has 1 aromatic carbocycles. The summed E-state index contributed by atoms with van der Waals surface area (Å²) in [7, 11) is 0. The standard InChI is InChI=1S/C15H19N3O2/c19-9-8-18(10-12-4-2-1-3-5-12)11-14-16-17-15(20-14)13-6-7-13/h1-5,13,19H,6-11H2. The molecule has 0 atom stereocenters. The van der Waals surface area contributed by atoms with Crippen LogP contribution in [0.1, 0.15) is 36.1 Å². The Labute approximate surface area is 118 Å². The number of hydrogen-bond donors (Lipinski definition) is 1. The smallest absolute Gasteiger partial charge is 0.230 e. The molecule has 106 valence electrons. The van der Waals surface area contributed by atoms with Gasteiger partial charge in [0.05, 0.1) is 13.2 Å². The number of rotatable bonds is 7. The van der Waals surface area contributed by atoms with Gasteiger partial charge in [0, 0.05) is 19.0 Å². The highest BCUT2D eigenvalue weighted by Crippen LogP contribution is 2.39. The fraction of sp³-hybridized carbons (Fsp3) is 0.467. The molecule has 0 spiro atoms. The molecule has 5 nitrogen and oxygen atoms in total. The second-order valence-electron chi connectivity index (χ2n) is 5.23. The minimum atomic E-state index is 0.121. The molecule has 0 unspecified atom stereocenters. The Morgan fingerprint density at radius 1 is 1.15 bits per heavy atom. The van der Waals surface area contributed by atoms with Gasteiger partial charge in [-0.25, -0.2) is 0 Å². The van der Waals surface area contributed by atoms with Gasteiger partial charge < -0.3 is 9.52 Å². The highest BCUT2D eigenvalue weighted by molar-refractivity contribution is 5.14. The fourth-order valence-electron chi connectivity index (χ4n) is 2.21. The number of aromatic nitrogens is 2. The predicted molar refractivity (Wildman–Crippen MR) is 73.9 cm³/mol. The summed E-state index contributed by atoms with van der Waals surface area (Å²) in [6.07, 6.45) is 2.32. The molecule has 0 bridgehead atoms. The van der Waals surface area contributed by atoms with Crippen LogP contribution in [0.5, 0.6) is 0 Å². The molecule has 0 aliphatic heterocycles. The lowest BCUT2D eigenvalue weighted by molar-refractivity contribution is 0.171. The Hall–Kier alpha value is -1.72. The first-order valence-electron chi connectivity index (χ1n) is 7.04. The lowest BCUT2D eigenvalue weighted by Crippen LogP contribution is -2.26. The van der Waals surface area contributed by atoms with E-state index < -0.39 is 0 Å². The van der Waals surface area contributed by atoms with Crippen LogP contribution in [-0.2, 0) is 13.1 Å². The summed E-state index contributed by atoms with van der Waals surface area (Å²) >= 11 is 0. The van der Waals surface area contributed by atoms with Crippen molar-refractivity contribution in [1.29, 1.82) is 0 Å². The molecule has 2 aromatic rings. The molecule has 1 heterocycles. The zero-order valence-corrected chi connectivity index (χ0v) is 11.4. The highest BCUT2D eigenvalue weighted by atomic mass is 16.4. The third-order valence-electron chi connectivity index (χ3n) is 3.43. The Morgan fingerprint density at radius 2 is 1.95 bits per heavy atom. The van der Waals surface area contributed by atoms with E-state index in [0.29, 0.717) is 24.9 Å². The molecular weight excluding hydrogens is 254 g/mol. The van der Waals surface area contributed by atoms with Gasteiger partial charge in [-0.3, -0.25) is 4.90 Å². The number of benzene rings is 1. The molecule has 1 aliphatic rings. The van der Waals surface area contributed by atoms with Crippen molar-refractivity contribution >= 4 is 0 Å². The van der Waals surface area contributed by atoms with E-state index in [-0.39, 0.29) is 6.61 Å². The van der Waals surface area contributed by atoms with Gasteiger partial charge in [-0.1, -0.05) is 30.3 Å². The van der Waals surface area contributed by atoms with Crippen molar-refractivity contribution in [2.75, 3.05) is 13.2 Å². The molecule has 1 saturated carbocycles. The molecule has 1 fully saturated rings. The van der Waals surface area contributed by atoms with Crippen molar-refractivity contribution in [2.45, 2.75) is 31.8 Å². The van der Waals surface area contributed by atoms with E-state index in [0.717, 1.165) is 25.3 Å². The normalized spacial score (nSPS) is 14.9. The van der Waals surface area contributed by atoms with Gasteiger partial charge in [0.15, 0.2) is 0 Å². The molecular formula is C15H19N3O2. The average molecular weight is 273 g/mol. The summed E-state index contributed by atoms with van der Waals surface area (Å²) in [5.74, 6) is 1.89. The monoisotopic (exact) mass is 273 g/mol. The molecule has 0 amide bonds. The third-order valence-corrected chi connectivity index (χ3v) is 3.43. The van der Waals surface area contributed by atoms with Crippen molar-refractivity contribution in [1.82, 2.24) is 15.1 Å². The van der Waals surface area contributed by atoms with Gasteiger partial charge in [0.1, 0.15) is 0 Å². The summed E-state index contributed by atoms with van der Waals surface area (Å²) in [4.78, 5) is 2.11. The van der Waals surface area contributed by atoms with Crippen LogP contribution in [0, 0.1) is 0 Å². The van der Waals surface area contributed by atoms with Crippen molar-refractivity contribution in [3.05, 3.63) is 47.7 Å². The first kappa shape index (κ1) is 13.3. The average Bonchev–Trinajstić information content (AvgIpc) is 3.21. The van der Waals surface area contributed by atoms with Gasteiger partial charge in [-0.05, 0) is 18.4 Å². The zero-order valence-electron chi connectivity index (χ0n) is 11.4. The Balaban J connectivity index is 1.63. The summed E-state index contributed by atoms with van der Waals surface area (Å²) in [5, 5.41) is 17.4. The van der Waals surface area contributed by atoms with Crippen LogP contribution in [0.15, 0.2) is 34.7 Å². The summed E-state index contributed by atoms with van der Waals surface area (Å²) in [6.45, 7) is 2.06. The largest absolute Gasteiger partial charge is 0.424 e. The third kappa shape index (κ3) is 3.43. The van der Waals surface area contributed by atoms with Crippen molar-refractivity contribution in [3.8, 4) is 0 Å². The second kappa shape index (κ2) is 6.15. The Bertz CT molecular complexity index is 537. The highest BCUT2D eigenvalue weighted by Gasteiger charge is 2.29. The van der Waals surface area contributed by atoms with Crippen LogP contribution in [0.4, 0.5) is 0 Å². The number of aliphatic hydroxyl groups excluding tert-OH is 1. The van der Waals surface area contributed by atoms with Crippen LogP contribution in [-0.4, -0.2) is 33.4 Å². The van der Waals surface area contributed by atoms with E-state index in [1.807, 2.05) is 18.2 Å². The molecule has 1 aromatic heterocycles. The minimum Gasteiger partial charge on any atom is -0.424 e. The molecule has 20 heavy (non-hydrogen) atoms. The number of aliphatic hydroxyl groups is 1. The van der Waals surface area contributed by atoms with Gasteiger partial charge in [-0.15, -0.1) is 10.2 Å². The van der Waals surface area contributed by atoms with Crippen molar-refractivity contribution < 1.29 is 9.52 Å². The lowest BCUT2D eigenvalue weighted by Gasteiger charge is -2.19. The van der Waals surface area contributed by atoms with Crippen molar-refractivity contribution in [2.24, 2.45) is 0 Å². The molecule has 0 radical (unpaired) electrons. The van der Waals surface area contributed by atoms with E-state index in [1.165, 1.54) is 5.56 Å². The quantitative estimate of drug-likeness (QED) is 0.835. The van der Waals surface area contributed by atoms with Crippen molar-refractivity contribution in [3.63, 3.8) is 0 Å². The molecule has 3 rings (SSSR count). The number of hydrogen-bond acceptors (Lipinski definition) is 5. The Kier molecular flexibility index (Phi) is 4.08. The first-order chi connectivity index (χ1) is 9.85. The van der Waals surface area contributed by atoms with Crippen LogP contribution >= 0.6 is 0 Å². The summed E-state index contributed by atoms with van der Waals surface area (Å²) < 4.78 is 5.68. The fourth-order valence-corrected chi connectivity index (χ4v) is 2.21. The zero-order chi connectivity index (χ0) is 13.8. The van der Waals surface area contributed by atoms with E-state index in [4.69, 9.17) is 4.42 Å². The number of nitrogens with zero attached hydrogens (tertiary/aromatic N) is 3. The van der Waals surface area contributed by atoms with E-state index in [9.17, 15) is 5.11 Å². The maximum absolute atomic E-state index is 9.19. The lowest BCUT2D eigenvalue weighted by atomic mass is 10.2. The molecule has 0 saturated heterocycles. The van der Waals surface area contributed by atoms with Crippen LogP contribution < -0.4 is 0 Å².